The normalized spacial score (nSPS) is 22.8. The van der Waals surface area contributed by atoms with Crippen LogP contribution in [0.2, 0.25) is 0 Å². The van der Waals surface area contributed by atoms with Gasteiger partial charge in [0.15, 0.2) is 0 Å². The maximum Gasteiger partial charge on any atom is 0.335 e. The minimum Gasteiger partial charge on any atom is -0.478 e. The Bertz CT molecular complexity index is 490. The highest BCUT2D eigenvalue weighted by Crippen LogP contribution is 2.36. The van der Waals surface area contributed by atoms with Crippen molar-refractivity contribution < 1.29 is 9.90 Å². The van der Waals surface area contributed by atoms with Crippen LogP contribution in [0, 0.1) is 11.3 Å². The van der Waals surface area contributed by atoms with Crippen LogP contribution in [-0.2, 0) is 5.41 Å². The lowest BCUT2D eigenvalue weighted by atomic mass is 9.77. The molecule has 4 nitrogen and oxygen atoms in total. The zero-order valence-corrected chi connectivity index (χ0v) is 8.95. The van der Waals surface area contributed by atoms with Crippen molar-refractivity contribution in [2.24, 2.45) is 0 Å². The van der Waals surface area contributed by atoms with Crippen LogP contribution in [-0.4, -0.2) is 17.6 Å². The molecule has 4 heteroatoms. The minimum atomic E-state index is -0.964. The number of nitriles is 1. The molecule has 0 amide bonds. The molecule has 1 heterocycles. The highest BCUT2D eigenvalue weighted by Gasteiger charge is 2.32. The summed E-state index contributed by atoms with van der Waals surface area (Å²) in [6.45, 7) is 2.59. The summed E-state index contributed by atoms with van der Waals surface area (Å²) in [7, 11) is 0. The van der Waals surface area contributed by atoms with Crippen molar-refractivity contribution in [3.8, 4) is 6.07 Å². The van der Waals surface area contributed by atoms with Gasteiger partial charge in [-0.2, -0.15) is 5.26 Å². The average molecular weight is 216 g/mol. The SMILES string of the molecule is C[C@]1(C#N)CCNc2ccc(C(=O)O)cc21. The standard InChI is InChI=1S/C12H12N2O2/c1-12(7-13)4-5-14-10-3-2-8(11(15)16)6-9(10)12/h2-3,6,14H,4-5H2,1H3,(H,15,16)/t12-/m1/s1. The molecule has 82 valence electrons. The summed E-state index contributed by atoms with van der Waals surface area (Å²) in [6.07, 6.45) is 0.694. The van der Waals surface area contributed by atoms with Crippen LogP contribution in [0.3, 0.4) is 0 Å². The van der Waals surface area contributed by atoms with Gasteiger partial charge in [-0.1, -0.05) is 0 Å². The summed E-state index contributed by atoms with van der Waals surface area (Å²) < 4.78 is 0. The van der Waals surface area contributed by atoms with E-state index in [1.807, 2.05) is 6.92 Å². The number of hydrogen-bond acceptors (Lipinski definition) is 3. The van der Waals surface area contributed by atoms with Gasteiger partial charge in [-0.25, -0.2) is 4.79 Å². The monoisotopic (exact) mass is 216 g/mol. The van der Waals surface area contributed by atoms with Crippen LogP contribution in [0.5, 0.6) is 0 Å². The smallest absolute Gasteiger partial charge is 0.335 e. The second kappa shape index (κ2) is 3.53. The van der Waals surface area contributed by atoms with Crippen LogP contribution in [0.25, 0.3) is 0 Å². The van der Waals surface area contributed by atoms with Crippen molar-refractivity contribution in [2.45, 2.75) is 18.8 Å². The van der Waals surface area contributed by atoms with Crippen molar-refractivity contribution in [3.05, 3.63) is 29.3 Å². The molecule has 16 heavy (non-hydrogen) atoms. The van der Waals surface area contributed by atoms with E-state index in [9.17, 15) is 10.1 Å². The number of aromatic carboxylic acids is 1. The van der Waals surface area contributed by atoms with Gasteiger partial charge in [-0.15, -0.1) is 0 Å². The number of anilines is 1. The molecule has 0 spiro atoms. The lowest BCUT2D eigenvalue weighted by Crippen LogP contribution is -2.30. The number of fused-ring (bicyclic) bond motifs is 1. The summed E-state index contributed by atoms with van der Waals surface area (Å²) in [6, 6.07) is 7.14. The van der Waals surface area contributed by atoms with Crippen LogP contribution in [0.1, 0.15) is 29.3 Å². The predicted octanol–water partition coefficient (Wildman–Crippen LogP) is 1.98. The van der Waals surface area contributed by atoms with Crippen molar-refractivity contribution >= 4 is 11.7 Å². The first kappa shape index (κ1) is 10.5. The Hall–Kier alpha value is -2.02. The summed E-state index contributed by atoms with van der Waals surface area (Å²) in [5.41, 5.74) is 1.27. The first-order chi connectivity index (χ1) is 7.57. The fourth-order valence-corrected chi connectivity index (χ4v) is 1.99. The van der Waals surface area contributed by atoms with E-state index < -0.39 is 11.4 Å². The highest BCUT2D eigenvalue weighted by molar-refractivity contribution is 5.89. The van der Waals surface area contributed by atoms with Crippen LogP contribution < -0.4 is 5.32 Å². The first-order valence-electron chi connectivity index (χ1n) is 5.10. The van der Waals surface area contributed by atoms with Gasteiger partial charge in [0.05, 0.1) is 17.0 Å². The molecular formula is C12H12N2O2. The van der Waals surface area contributed by atoms with E-state index in [0.29, 0.717) is 6.42 Å². The largest absolute Gasteiger partial charge is 0.478 e. The molecule has 1 atom stereocenters. The molecule has 0 fully saturated rings. The Balaban J connectivity index is 2.58. The van der Waals surface area contributed by atoms with Crippen molar-refractivity contribution in [1.29, 1.82) is 5.26 Å². The average Bonchev–Trinajstić information content (AvgIpc) is 2.29. The fraction of sp³-hybridized carbons (Fsp3) is 0.333. The Morgan fingerprint density at radius 2 is 2.38 bits per heavy atom. The fourth-order valence-electron chi connectivity index (χ4n) is 1.99. The molecule has 1 aromatic carbocycles. The molecule has 1 aliphatic rings. The van der Waals surface area contributed by atoms with E-state index >= 15 is 0 Å². The topological polar surface area (TPSA) is 73.1 Å². The lowest BCUT2D eigenvalue weighted by molar-refractivity contribution is 0.0696. The number of carbonyl (C=O) groups is 1. The van der Waals surface area contributed by atoms with Crippen molar-refractivity contribution in [1.82, 2.24) is 0 Å². The third kappa shape index (κ3) is 1.50. The van der Waals surface area contributed by atoms with Gasteiger partial charge in [0.2, 0.25) is 0 Å². The van der Waals surface area contributed by atoms with Crippen LogP contribution in [0.4, 0.5) is 5.69 Å². The summed E-state index contributed by atoms with van der Waals surface area (Å²) in [4.78, 5) is 10.9. The van der Waals surface area contributed by atoms with Crippen LogP contribution in [0.15, 0.2) is 18.2 Å². The Labute approximate surface area is 93.5 Å². The number of benzene rings is 1. The summed E-state index contributed by atoms with van der Waals surface area (Å²) >= 11 is 0. The van der Waals surface area contributed by atoms with Crippen molar-refractivity contribution in [3.63, 3.8) is 0 Å². The van der Waals surface area contributed by atoms with Gasteiger partial charge in [0.25, 0.3) is 0 Å². The number of nitrogens with one attached hydrogen (secondary N) is 1. The summed E-state index contributed by atoms with van der Waals surface area (Å²) in [5.74, 6) is -0.964. The molecule has 1 aliphatic heterocycles. The van der Waals surface area contributed by atoms with E-state index in [1.54, 1.807) is 18.2 Å². The predicted molar refractivity (Wildman–Crippen MR) is 59.5 cm³/mol. The Morgan fingerprint density at radius 3 is 3.00 bits per heavy atom. The molecule has 0 aromatic heterocycles. The van der Waals surface area contributed by atoms with E-state index in [0.717, 1.165) is 17.8 Å². The van der Waals surface area contributed by atoms with Gasteiger partial charge in [0, 0.05) is 12.2 Å². The number of carboxylic acids is 1. The van der Waals surface area contributed by atoms with Gasteiger partial charge >= 0.3 is 5.97 Å². The molecular weight excluding hydrogens is 204 g/mol. The highest BCUT2D eigenvalue weighted by atomic mass is 16.4. The van der Waals surface area contributed by atoms with Gasteiger partial charge in [-0.3, -0.25) is 0 Å². The Kier molecular flexibility index (Phi) is 2.31. The van der Waals surface area contributed by atoms with E-state index in [2.05, 4.69) is 11.4 Å². The number of hydrogen-bond donors (Lipinski definition) is 2. The second-order valence-corrected chi connectivity index (χ2v) is 4.19. The van der Waals surface area contributed by atoms with Crippen LogP contribution >= 0.6 is 0 Å². The molecule has 0 radical (unpaired) electrons. The maximum atomic E-state index is 10.9. The number of carboxylic acid groups (broad SMARTS) is 1. The van der Waals surface area contributed by atoms with Gasteiger partial charge in [0.1, 0.15) is 0 Å². The zero-order chi connectivity index (χ0) is 11.8. The summed E-state index contributed by atoms with van der Waals surface area (Å²) in [5, 5.41) is 21.3. The second-order valence-electron chi connectivity index (χ2n) is 4.19. The van der Waals surface area contributed by atoms with Gasteiger partial charge in [-0.05, 0) is 37.1 Å². The van der Waals surface area contributed by atoms with E-state index in [-0.39, 0.29) is 5.56 Å². The van der Waals surface area contributed by atoms with Crippen molar-refractivity contribution in [2.75, 3.05) is 11.9 Å². The maximum absolute atomic E-state index is 10.9. The molecule has 0 saturated heterocycles. The van der Waals surface area contributed by atoms with E-state index in [1.165, 1.54) is 0 Å². The zero-order valence-electron chi connectivity index (χ0n) is 8.95. The number of rotatable bonds is 1. The number of nitrogens with zero attached hydrogens (tertiary/aromatic N) is 1. The molecule has 0 aliphatic carbocycles. The minimum absolute atomic E-state index is 0.226. The molecule has 2 rings (SSSR count). The first-order valence-corrected chi connectivity index (χ1v) is 5.10. The molecule has 2 N–H and O–H groups in total. The molecule has 1 aromatic rings. The third-order valence-corrected chi connectivity index (χ3v) is 3.05. The molecule has 0 saturated carbocycles. The lowest BCUT2D eigenvalue weighted by Gasteiger charge is -2.30. The molecule has 0 bridgehead atoms. The quantitative estimate of drug-likeness (QED) is 0.752. The van der Waals surface area contributed by atoms with Gasteiger partial charge < -0.3 is 10.4 Å². The third-order valence-electron chi connectivity index (χ3n) is 3.05. The Morgan fingerprint density at radius 1 is 1.62 bits per heavy atom. The molecule has 0 unspecified atom stereocenters. The van der Waals surface area contributed by atoms with E-state index in [4.69, 9.17) is 5.11 Å².